The van der Waals surface area contributed by atoms with Crippen molar-refractivity contribution in [2.24, 2.45) is 5.92 Å². The van der Waals surface area contributed by atoms with E-state index >= 15 is 0 Å². The van der Waals surface area contributed by atoms with E-state index in [0.29, 0.717) is 35.2 Å². The van der Waals surface area contributed by atoms with E-state index in [1.54, 1.807) is 6.07 Å². The summed E-state index contributed by atoms with van der Waals surface area (Å²) in [6, 6.07) is 20.0. The lowest BCUT2D eigenvalue weighted by atomic mass is 9.87. The molecule has 0 aliphatic carbocycles. The lowest BCUT2D eigenvalue weighted by Crippen LogP contribution is -2.27. The molecule has 0 saturated carbocycles. The number of hydrogen-bond donors (Lipinski definition) is 1. The number of halogens is 1. The van der Waals surface area contributed by atoms with Crippen molar-refractivity contribution in [3.05, 3.63) is 99.2 Å². The maximum Gasteiger partial charge on any atom is 0.344 e. The van der Waals surface area contributed by atoms with Gasteiger partial charge >= 0.3 is 5.97 Å². The first-order valence-electron chi connectivity index (χ1n) is 15.6. The highest BCUT2D eigenvalue weighted by Crippen LogP contribution is 2.32. The van der Waals surface area contributed by atoms with Gasteiger partial charge in [0.05, 0.1) is 5.02 Å². The van der Waals surface area contributed by atoms with Crippen molar-refractivity contribution in [2.45, 2.75) is 92.8 Å². The SMILES string of the molecule is Cc1c(Cc2ccc(Cl)c(OCC(=O)OC(C)(C)C)c2)c2ccc(C(=O)NCc3ccc(C(C)(C)C)cc3)cc2n1CC(C)C. The minimum absolute atomic E-state index is 0.0878. The number of aromatic nitrogens is 1. The van der Waals surface area contributed by atoms with Gasteiger partial charge in [0.25, 0.3) is 5.91 Å². The summed E-state index contributed by atoms with van der Waals surface area (Å²) in [5.74, 6) is 0.312. The van der Waals surface area contributed by atoms with Crippen LogP contribution in [-0.4, -0.2) is 28.7 Å². The summed E-state index contributed by atoms with van der Waals surface area (Å²) in [5, 5.41) is 4.63. The maximum absolute atomic E-state index is 13.3. The van der Waals surface area contributed by atoms with Crippen LogP contribution in [0.1, 0.15) is 93.7 Å². The Kier molecular flexibility index (Phi) is 10.4. The standard InChI is InChI=1S/C38H47ClN2O4/c1-24(2)22-41-25(3)31(18-27-12-17-32(39)34(19-27)44-23-35(42)45-38(7,8)9)30-16-13-28(20-33(30)41)36(43)40-21-26-10-14-29(15-11-26)37(4,5)6/h10-17,19-20,24H,18,21-23H2,1-9H3,(H,40,43). The molecular formula is C38H47ClN2O4. The van der Waals surface area contributed by atoms with E-state index in [1.165, 1.54) is 11.1 Å². The van der Waals surface area contributed by atoms with Crippen LogP contribution in [0.4, 0.5) is 0 Å². The Morgan fingerprint density at radius 1 is 0.911 bits per heavy atom. The lowest BCUT2D eigenvalue weighted by Gasteiger charge is -2.19. The van der Waals surface area contributed by atoms with Crippen LogP contribution in [-0.2, 0) is 34.5 Å². The first-order valence-corrected chi connectivity index (χ1v) is 16.0. The Morgan fingerprint density at radius 3 is 2.20 bits per heavy atom. The Labute approximate surface area is 273 Å². The van der Waals surface area contributed by atoms with Crippen molar-refractivity contribution in [1.29, 1.82) is 0 Å². The molecule has 45 heavy (non-hydrogen) atoms. The number of rotatable bonds is 10. The molecule has 1 amide bonds. The van der Waals surface area contributed by atoms with Gasteiger partial charge in [-0.25, -0.2) is 4.79 Å². The zero-order valence-corrected chi connectivity index (χ0v) is 28.9. The number of nitrogens with one attached hydrogen (secondary N) is 1. The Bertz CT molecular complexity index is 1670. The quantitative estimate of drug-likeness (QED) is 0.178. The molecule has 1 aromatic heterocycles. The Hall–Kier alpha value is -3.77. The fourth-order valence-electron chi connectivity index (χ4n) is 5.40. The van der Waals surface area contributed by atoms with Crippen molar-refractivity contribution < 1.29 is 19.1 Å². The fraction of sp³-hybridized carbons (Fsp3) is 0.421. The number of carbonyl (C=O) groups excluding carboxylic acids is 2. The summed E-state index contributed by atoms with van der Waals surface area (Å²) < 4.78 is 13.4. The summed E-state index contributed by atoms with van der Waals surface area (Å²) in [5.41, 5.74) is 6.83. The summed E-state index contributed by atoms with van der Waals surface area (Å²) in [7, 11) is 0. The summed E-state index contributed by atoms with van der Waals surface area (Å²) in [6.45, 7) is 19.6. The third-order valence-corrected chi connectivity index (χ3v) is 7.99. The van der Waals surface area contributed by atoms with E-state index in [0.717, 1.165) is 34.3 Å². The molecular weight excluding hydrogens is 584 g/mol. The van der Waals surface area contributed by atoms with Gasteiger partial charge in [0, 0.05) is 35.2 Å². The number of amides is 1. The summed E-state index contributed by atoms with van der Waals surface area (Å²) >= 11 is 6.42. The van der Waals surface area contributed by atoms with Crippen molar-refractivity contribution in [1.82, 2.24) is 9.88 Å². The van der Waals surface area contributed by atoms with E-state index in [-0.39, 0.29) is 17.9 Å². The molecule has 0 spiro atoms. The molecule has 1 heterocycles. The molecule has 1 N–H and O–H groups in total. The van der Waals surface area contributed by atoms with Crippen LogP contribution in [0.25, 0.3) is 10.9 Å². The van der Waals surface area contributed by atoms with E-state index in [9.17, 15) is 9.59 Å². The maximum atomic E-state index is 13.3. The minimum Gasteiger partial charge on any atom is -0.480 e. The van der Waals surface area contributed by atoms with Gasteiger partial charge in [-0.3, -0.25) is 4.79 Å². The first kappa shape index (κ1) is 34.1. The summed E-state index contributed by atoms with van der Waals surface area (Å²) in [4.78, 5) is 25.5. The molecule has 6 nitrogen and oxygen atoms in total. The van der Waals surface area contributed by atoms with E-state index in [4.69, 9.17) is 21.1 Å². The van der Waals surface area contributed by atoms with Crippen molar-refractivity contribution in [2.75, 3.05) is 6.61 Å². The van der Waals surface area contributed by atoms with Crippen LogP contribution in [0, 0.1) is 12.8 Å². The highest BCUT2D eigenvalue weighted by molar-refractivity contribution is 6.32. The largest absolute Gasteiger partial charge is 0.480 e. The van der Waals surface area contributed by atoms with Gasteiger partial charge in [0.1, 0.15) is 11.4 Å². The molecule has 240 valence electrons. The Balaban J connectivity index is 1.56. The molecule has 0 aliphatic heterocycles. The fourth-order valence-corrected chi connectivity index (χ4v) is 5.57. The number of carbonyl (C=O) groups is 2. The van der Waals surface area contributed by atoms with Gasteiger partial charge in [0.2, 0.25) is 0 Å². The zero-order valence-electron chi connectivity index (χ0n) is 28.1. The van der Waals surface area contributed by atoms with Gasteiger partial charge in [0.15, 0.2) is 6.61 Å². The monoisotopic (exact) mass is 630 g/mol. The van der Waals surface area contributed by atoms with Gasteiger partial charge in [-0.2, -0.15) is 0 Å². The molecule has 4 aromatic rings. The van der Waals surface area contributed by atoms with Crippen LogP contribution >= 0.6 is 11.6 Å². The van der Waals surface area contributed by atoms with Gasteiger partial charge in [-0.1, -0.05) is 82.6 Å². The molecule has 4 rings (SSSR count). The normalized spacial score (nSPS) is 12.1. The minimum atomic E-state index is -0.591. The highest BCUT2D eigenvalue weighted by Gasteiger charge is 2.20. The smallest absolute Gasteiger partial charge is 0.344 e. The molecule has 0 atom stereocenters. The molecule has 0 aliphatic rings. The number of esters is 1. The Morgan fingerprint density at radius 2 is 1.58 bits per heavy atom. The number of ether oxygens (including phenoxy) is 2. The molecule has 7 heteroatoms. The second-order valence-corrected chi connectivity index (χ2v) is 14.7. The number of benzene rings is 3. The van der Waals surface area contributed by atoms with Crippen LogP contribution < -0.4 is 10.1 Å². The van der Waals surface area contributed by atoms with E-state index in [2.05, 4.69) is 81.8 Å². The molecule has 0 fully saturated rings. The predicted molar refractivity (Wildman–Crippen MR) is 183 cm³/mol. The van der Waals surface area contributed by atoms with Crippen molar-refractivity contribution in [3.63, 3.8) is 0 Å². The van der Waals surface area contributed by atoms with Crippen LogP contribution in [0.3, 0.4) is 0 Å². The van der Waals surface area contributed by atoms with Gasteiger partial charge in [-0.05, 0) is 92.0 Å². The number of hydrogen-bond acceptors (Lipinski definition) is 4. The number of nitrogens with zero attached hydrogens (tertiary/aromatic N) is 1. The van der Waals surface area contributed by atoms with E-state index < -0.39 is 11.6 Å². The second kappa shape index (κ2) is 13.7. The predicted octanol–water partition coefficient (Wildman–Crippen LogP) is 8.80. The average molecular weight is 631 g/mol. The van der Waals surface area contributed by atoms with E-state index in [1.807, 2.05) is 45.0 Å². The molecule has 0 bridgehead atoms. The number of fused-ring (bicyclic) bond motifs is 1. The van der Waals surface area contributed by atoms with Crippen molar-refractivity contribution in [3.8, 4) is 5.75 Å². The van der Waals surface area contributed by atoms with Gasteiger partial charge < -0.3 is 19.4 Å². The topological polar surface area (TPSA) is 69.6 Å². The van der Waals surface area contributed by atoms with Crippen LogP contribution in [0.15, 0.2) is 60.7 Å². The average Bonchev–Trinajstić information content (AvgIpc) is 3.19. The third-order valence-electron chi connectivity index (χ3n) is 7.68. The van der Waals surface area contributed by atoms with Crippen LogP contribution in [0.5, 0.6) is 5.75 Å². The van der Waals surface area contributed by atoms with Gasteiger partial charge in [-0.15, -0.1) is 0 Å². The lowest BCUT2D eigenvalue weighted by molar-refractivity contribution is -0.157. The summed E-state index contributed by atoms with van der Waals surface area (Å²) in [6.07, 6.45) is 0.642. The highest BCUT2D eigenvalue weighted by atomic mass is 35.5. The molecule has 0 unspecified atom stereocenters. The van der Waals surface area contributed by atoms with Crippen LogP contribution in [0.2, 0.25) is 5.02 Å². The second-order valence-electron chi connectivity index (χ2n) is 14.2. The molecule has 0 radical (unpaired) electrons. The third kappa shape index (κ3) is 8.91. The molecule has 3 aromatic carbocycles. The zero-order chi connectivity index (χ0) is 33.1. The molecule has 0 saturated heterocycles. The van der Waals surface area contributed by atoms with Crippen molar-refractivity contribution >= 4 is 34.4 Å². The first-order chi connectivity index (χ1) is 21.0.